The molecule has 0 aliphatic heterocycles. The van der Waals surface area contributed by atoms with E-state index in [1.165, 1.54) is 24.9 Å². The first-order chi connectivity index (χ1) is 13.7. The number of hydrogen-bond acceptors (Lipinski definition) is 5. The fraction of sp³-hybridized carbons (Fsp3) is 0.300. The Balaban J connectivity index is 2.08. The van der Waals surface area contributed by atoms with Crippen LogP contribution in [0.2, 0.25) is 0 Å². The minimum absolute atomic E-state index is 0.244. The summed E-state index contributed by atoms with van der Waals surface area (Å²) in [5, 5.41) is 3.62. The van der Waals surface area contributed by atoms with Crippen molar-refractivity contribution in [3.8, 4) is 11.5 Å². The molecule has 6 nitrogen and oxygen atoms in total. The molecule has 3 rings (SSSR count). The molecule has 0 amide bonds. The van der Waals surface area contributed by atoms with Crippen LogP contribution in [0.15, 0.2) is 41.2 Å². The second-order valence-corrected chi connectivity index (χ2v) is 6.52. The normalized spacial score (nSPS) is 12.7. The van der Waals surface area contributed by atoms with Crippen LogP contribution < -0.4 is 20.5 Å². The van der Waals surface area contributed by atoms with Gasteiger partial charge in [-0.1, -0.05) is 12.1 Å². The number of alkyl halides is 3. The third-order valence-electron chi connectivity index (χ3n) is 4.68. The number of aryl methyl sites for hydroxylation is 1. The zero-order chi connectivity index (χ0) is 21.3. The lowest BCUT2D eigenvalue weighted by Crippen LogP contribution is -2.23. The first kappa shape index (κ1) is 20.5. The molecule has 1 aromatic heterocycles. The van der Waals surface area contributed by atoms with Gasteiger partial charge in [-0.3, -0.25) is 4.57 Å². The van der Waals surface area contributed by atoms with Gasteiger partial charge < -0.3 is 14.8 Å². The van der Waals surface area contributed by atoms with E-state index in [4.69, 9.17) is 9.47 Å². The molecule has 3 aromatic rings. The topological polar surface area (TPSA) is 65.4 Å². The van der Waals surface area contributed by atoms with E-state index in [1.54, 1.807) is 32.2 Å². The van der Waals surface area contributed by atoms with Crippen molar-refractivity contribution in [2.45, 2.75) is 19.1 Å². The van der Waals surface area contributed by atoms with Crippen LogP contribution in [-0.2, 0) is 13.2 Å². The predicted molar refractivity (Wildman–Crippen MR) is 104 cm³/mol. The van der Waals surface area contributed by atoms with E-state index in [1.807, 2.05) is 0 Å². The van der Waals surface area contributed by atoms with Crippen molar-refractivity contribution in [1.82, 2.24) is 9.55 Å². The van der Waals surface area contributed by atoms with Gasteiger partial charge in [0.1, 0.15) is 5.82 Å². The molecule has 1 atom stereocenters. The molecule has 0 fully saturated rings. The molecule has 0 spiro atoms. The highest BCUT2D eigenvalue weighted by atomic mass is 19.4. The second-order valence-electron chi connectivity index (χ2n) is 6.52. The molecular weight excluding hydrogens is 387 g/mol. The number of benzene rings is 2. The van der Waals surface area contributed by atoms with E-state index in [2.05, 4.69) is 10.3 Å². The van der Waals surface area contributed by atoms with Crippen molar-refractivity contribution >= 4 is 16.7 Å². The van der Waals surface area contributed by atoms with Crippen molar-refractivity contribution < 1.29 is 22.6 Å². The van der Waals surface area contributed by atoms with Gasteiger partial charge in [-0.05, 0) is 30.7 Å². The van der Waals surface area contributed by atoms with Crippen molar-refractivity contribution in [2.75, 3.05) is 19.5 Å². The summed E-state index contributed by atoms with van der Waals surface area (Å²) in [4.78, 5) is 16.3. The predicted octanol–water partition coefficient (Wildman–Crippen LogP) is 4.14. The van der Waals surface area contributed by atoms with E-state index >= 15 is 0 Å². The second kappa shape index (κ2) is 7.65. The van der Waals surface area contributed by atoms with Crippen LogP contribution in [-0.4, -0.2) is 23.8 Å². The highest BCUT2D eigenvalue weighted by Gasteiger charge is 2.30. The number of rotatable bonds is 5. The number of aromatic nitrogens is 2. The average molecular weight is 407 g/mol. The number of nitrogens with one attached hydrogen (secondary N) is 1. The van der Waals surface area contributed by atoms with Gasteiger partial charge in [-0.25, -0.2) is 4.79 Å². The van der Waals surface area contributed by atoms with Crippen LogP contribution in [0.25, 0.3) is 10.9 Å². The quantitative estimate of drug-likeness (QED) is 0.689. The Morgan fingerprint density at radius 1 is 1.10 bits per heavy atom. The summed E-state index contributed by atoms with van der Waals surface area (Å²) in [7, 11) is 4.54. The molecule has 0 aliphatic rings. The van der Waals surface area contributed by atoms with E-state index in [9.17, 15) is 18.0 Å². The van der Waals surface area contributed by atoms with Gasteiger partial charge >= 0.3 is 11.9 Å². The maximum Gasteiger partial charge on any atom is 0.416 e. The molecule has 1 heterocycles. The summed E-state index contributed by atoms with van der Waals surface area (Å²) in [6.07, 6.45) is -4.44. The van der Waals surface area contributed by atoms with Crippen LogP contribution in [0.5, 0.6) is 11.5 Å². The highest BCUT2D eigenvalue weighted by molar-refractivity contribution is 5.92. The Hall–Kier alpha value is -3.23. The Morgan fingerprint density at radius 3 is 2.38 bits per heavy atom. The number of halogens is 3. The lowest BCUT2D eigenvalue weighted by molar-refractivity contribution is -0.137. The molecule has 2 aromatic carbocycles. The largest absolute Gasteiger partial charge is 0.493 e. The van der Waals surface area contributed by atoms with Gasteiger partial charge in [0, 0.05) is 24.5 Å². The Kier molecular flexibility index (Phi) is 5.41. The first-order valence-electron chi connectivity index (χ1n) is 8.72. The van der Waals surface area contributed by atoms with Crippen molar-refractivity contribution in [3.63, 3.8) is 0 Å². The molecular formula is C20H20F3N3O3. The molecule has 154 valence electrons. The Morgan fingerprint density at radius 2 is 1.76 bits per heavy atom. The minimum Gasteiger partial charge on any atom is -0.493 e. The summed E-state index contributed by atoms with van der Waals surface area (Å²) in [6, 6.07) is 7.80. The molecule has 9 heteroatoms. The average Bonchev–Trinajstić information content (AvgIpc) is 2.70. The zero-order valence-corrected chi connectivity index (χ0v) is 16.3. The Bertz CT molecular complexity index is 1110. The van der Waals surface area contributed by atoms with Crippen LogP contribution in [0, 0.1) is 0 Å². The smallest absolute Gasteiger partial charge is 0.416 e. The molecule has 0 radical (unpaired) electrons. The summed E-state index contributed by atoms with van der Waals surface area (Å²) >= 11 is 0. The van der Waals surface area contributed by atoms with Crippen LogP contribution >= 0.6 is 0 Å². The highest BCUT2D eigenvalue weighted by Crippen LogP contribution is 2.35. The van der Waals surface area contributed by atoms with Crippen LogP contribution in [0.1, 0.15) is 24.1 Å². The van der Waals surface area contributed by atoms with Crippen LogP contribution in [0.3, 0.4) is 0 Å². The number of fused-ring (bicyclic) bond motifs is 1. The van der Waals surface area contributed by atoms with Gasteiger partial charge in [0.2, 0.25) is 0 Å². The first-order valence-corrected chi connectivity index (χ1v) is 8.72. The lowest BCUT2D eigenvalue weighted by Gasteiger charge is -2.19. The molecule has 0 bridgehead atoms. The van der Waals surface area contributed by atoms with Gasteiger partial charge in [0.05, 0.1) is 25.3 Å². The third-order valence-corrected chi connectivity index (χ3v) is 4.68. The van der Waals surface area contributed by atoms with Crippen molar-refractivity contribution in [3.05, 3.63) is 58.0 Å². The van der Waals surface area contributed by atoms with Crippen molar-refractivity contribution in [1.29, 1.82) is 0 Å². The molecule has 29 heavy (non-hydrogen) atoms. The van der Waals surface area contributed by atoms with Gasteiger partial charge in [0.15, 0.2) is 11.5 Å². The standard InChI is InChI=1S/C20H20F3N3O3/c1-11(12-6-5-7-13(8-12)20(21,22)23)24-18-14-9-16(28-3)17(29-4)10-15(14)26(2)19(27)25-18/h5-11H,1-4H3,(H,24,25,27). The zero-order valence-electron chi connectivity index (χ0n) is 16.3. The van der Waals surface area contributed by atoms with E-state index < -0.39 is 23.5 Å². The van der Waals surface area contributed by atoms with Gasteiger partial charge in [-0.15, -0.1) is 0 Å². The molecule has 1 N–H and O–H groups in total. The van der Waals surface area contributed by atoms with E-state index in [0.29, 0.717) is 28.0 Å². The minimum atomic E-state index is -4.44. The van der Waals surface area contributed by atoms with E-state index in [0.717, 1.165) is 12.1 Å². The summed E-state index contributed by atoms with van der Waals surface area (Å²) in [6.45, 7) is 1.70. The Labute approximate surface area is 164 Å². The van der Waals surface area contributed by atoms with Crippen LogP contribution in [0.4, 0.5) is 19.0 Å². The van der Waals surface area contributed by atoms with Gasteiger partial charge in [-0.2, -0.15) is 18.2 Å². The summed E-state index contributed by atoms with van der Waals surface area (Å²) in [5.74, 6) is 1.13. The summed E-state index contributed by atoms with van der Waals surface area (Å²) in [5.41, 5.74) is -0.294. The fourth-order valence-electron chi connectivity index (χ4n) is 3.05. The molecule has 0 saturated heterocycles. The molecule has 0 aliphatic carbocycles. The number of methoxy groups -OCH3 is 2. The number of ether oxygens (including phenoxy) is 2. The fourth-order valence-corrected chi connectivity index (χ4v) is 3.05. The van der Waals surface area contributed by atoms with Gasteiger partial charge in [0.25, 0.3) is 0 Å². The third kappa shape index (κ3) is 3.98. The number of hydrogen-bond donors (Lipinski definition) is 1. The van der Waals surface area contributed by atoms with E-state index in [-0.39, 0.29) is 5.82 Å². The monoisotopic (exact) mass is 407 g/mol. The molecule has 1 unspecified atom stereocenters. The maximum absolute atomic E-state index is 13.0. The van der Waals surface area contributed by atoms with Crippen molar-refractivity contribution in [2.24, 2.45) is 7.05 Å². The number of anilines is 1. The molecule has 0 saturated carbocycles. The number of nitrogens with zero attached hydrogens (tertiary/aromatic N) is 2. The lowest BCUT2D eigenvalue weighted by atomic mass is 10.0. The SMILES string of the molecule is COc1cc2c(NC(C)c3cccc(C(F)(F)F)c3)nc(=O)n(C)c2cc1OC. The summed E-state index contributed by atoms with van der Waals surface area (Å²) < 4.78 is 51.0. The maximum atomic E-state index is 13.0.